The molecule has 5 rings (SSSR count). The third-order valence-electron chi connectivity index (χ3n) is 16.0. The van der Waals surface area contributed by atoms with Gasteiger partial charge in [-0.05, 0) is 127 Å². The molecule has 4 N–H and O–H groups in total. The summed E-state index contributed by atoms with van der Waals surface area (Å²) in [5, 5.41) is 28.1. The topological polar surface area (TPSA) is 196 Å². The minimum Gasteiger partial charge on any atom is -0.461 e. The number of aryl methyl sites for hydroxylation is 1. The van der Waals surface area contributed by atoms with Crippen LogP contribution in [-0.4, -0.2) is 131 Å². The van der Waals surface area contributed by atoms with Crippen LogP contribution in [0.3, 0.4) is 0 Å². The molecule has 15 nitrogen and oxygen atoms in total. The number of aromatic nitrogens is 2. The summed E-state index contributed by atoms with van der Waals surface area (Å²) in [6.45, 7) is 13.8. The molecule has 2 saturated heterocycles. The number of aliphatic hydroxyl groups excluding tert-OH is 1. The lowest BCUT2D eigenvalue weighted by Gasteiger charge is -2.43. The standard InChI is InChI=1S/C55H87N5O10/c1-34-17-13-12-14-18-35(2)45(58(8)48-26-27-57-59(48)9)33-43-24-21-40(7)55(66,70-43)52(63)53(64)60-28-16-15-19-44(60)54(65)69-46(37(4)30-41-22-20-36(3)47(32-41)67-10)25-23-42(56)31-39(6)50(62)51(68-11)49(61)38(5)29-34/h12-14,17-18,26-27,31,34,36-38,40-47,50-51,62,66H,15-16,19-25,28-30,32-33,56H2,1-11H3/b14-12+,17-13+,35-18+,39-31+/t34-,36-,37-,38-,40-,41?,42+,43+,44?,45?,46+,47-,50-,51+,55-/m1/s1. The van der Waals surface area contributed by atoms with Gasteiger partial charge in [0.05, 0.1) is 24.4 Å². The van der Waals surface area contributed by atoms with Gasteiger partial charge in [-0.25, -0.2) is 4.79 Å². The summed E-state index contributed by atoms with van der Waals surface area (Å²) >= 11 is 0. The number of ketones is 2. The van der Waals surface area contributed by atoms with Crippen LogP contribution in [0.25, 0.3) is 0 Å². The minimum absolute atomic E-state index is 0.0422. The lowest BCUT2D eigenvalue weighted by molar-refractivity contribution is -0.263. The molecular formula is C55H87N5O10. The van der Waals surface area contributed by atoms with Crippen molar-refractivity contribution in [2.75, 3.05) is 32.7 Å². The Morgan fingerprint density at radius 1 is 0.929 bits per heavy atom. The van der Waals surface area contributed by atoms with Crippen LogP contribution in [0.4, 0.5) is 5.82 Å². The first-order valence-electron chi connectivity index (χ1n) is 26.1. The fourth-order valence-corrected chi connectivity index (χ4v) is 11.4. The number of cyclic esters (lactones) is 1. The van der Waals surface area contributed by atoms with Crippen molar-refractivity contribution in [2.24, 2.45) is 48.3 Å². The summed E-state index contributed by atoms with van der Waals surface area (Å²) in [7, 11) is 7.02. The van der Waals surface area contributed by atoms with Gasteiger partial charge in [0.2, 0.25) is 5.79 Å². The van der Waals surface area contributed by atoms with E-state index in [0.717, 1.165) is 37.1 Å². The molecule has 1 aliphatic carbocycles. The summed E-state index contributed by atoms with van der Waals surface area (Å²) in [6, 6.07) is 0.0836. The first-order valence-corrected chi connectivity index (χ1v) is 26.1. The molecule has 2 bridgehead atoms. The van der Waals surface area contributed by atoms with Gasteiger partial charge < -0.3 is 44.7 Å². The maximum absolute atomic E-state index is 14.5. The average molecular weight is 978 g/mol. The highest BCUT2D eigenvalue weighted by atomic mass is 16.6. The number of carbonyl (C=O) groups is 4. The van der Waals surface area contributed by atoms with Gasteiger partial charge in [0, 0.05) is 58.8 Å². The van der Waals surface area contributed by atoms with Crippen LogP contribution < -0.4 is 10.6 Å². The monoisotopic (exact) mass is 978 g/mol. The zero-order valence-electron chi connectivity index (χ0n) is 44.1. The number of methoxy groups -OCH3 is 2. The van der Waals surface area contributed by atoms with Gasteiger partial charge in [0.1, 0.15) is 30.2 Å². The molecule has 15 heteroatoms. The molecule has 0 aromatic carbocycles. The summed E-state index contributed by atoms with van der Waals surface area (Å²) in [6.07, 6.45) is 18.1. The first kappa shape index (κ1) is 56.9. The summed E-state index contributed by atoms with van der Waals surface area (Å²) in [4.78, 5) is 60.7. The number of piperidine rings is 1. The molecule has 0 spiro atoms. The van der Waals surface area contributed by atoms with Gasteiger partial charge in [-0.3, -0.25) is 19.1 Å². The van der Waals surface area contributed by atoms with Crippen molar-refractivity contribution >= 4 is 29.3 Å². The van der Waals surface area contributed by atoms with E-state index < -0.39 is 71.8 Å². The van der Waals surface area contributed by atoms with Gasteiger partial charge in [0.25, 0.3) is 11.7 Å². The maximum Gasteiger partial charge on any atom is 0.329 e. The van der Waals surface area contributed by atoms with Gasteiger partial charge in [-0.2, -0.15) is 5.10 Å². The van der Waals surface area contributed by atoms with Crippen LogP contribution in [0.2, 0.25) is 0 Å². The Bertz CT molecular complexity index is 2030. The number of nitrogens with zero attached hydrogens (tertiary/aromatic N) is 4. The fraction of sp³-hybridized carbons (Fsp3) is 0.727. The minimum atomic E-state index is -2.41. The molecule has 4 aliphatic rings. The van der Waals surface area contributed by atoms with Gasteiger partial charge in [-0.1, -0.05) is 76.6 Å². The van der Waals surface area contributed by atoms with Crippen molar-refractivity contribution in [3.8, 4) is 0 Å². The zero-order valence-corrected chi connectivity index (χ0v) is 44.1. The highest BCUT2D eigenvalue weighted by molar-refractivity contribution is 6.39. The van der Waals surface area contributed by atoms with Crippen LogP contribution >= 0.6 is 0 Å². The number of Topliss-reactive ketones (excluding diaryl/α,β-unsaturated/α-hetero) is 2. The Morgan fingerprint density at radius 3 is 2.36 bits per heavy atom. The number of allylic oxidation sites excluding steroid dienone is 5. The number of hydrogen-bond acceptors (Lipinski definition) is 13. The lowest BCUT2D eigenvalue weighted by atomic mass is 9.76. The van der Waals surface area contributed by atoms with Crippen molar-refractivity contribution in [3.63, 3.8) is 0 Å². The van der Waals surface area contributed by atoms with E-state index in [2.05, 4.69) is 23.8 Å². The third-order valence-corrected chi connectivity index (χ3v) is 16.0. The Hall–Kier alpha value is -3.99. The second-order valence-corrected chi connectivity index (χ2v) is 21.5. The van der Waals surface area contributed by atoms with Crippen molar-refractivity contribution in [1.82, 2.24) is 14.7 Å². The van der Waals surface area contributed by atoms with Crippen LogP contribution in [0.5, 0.6) is 0 Å². The van der Waals surface area contributed by atoms with E-state index in [4.69, 9.17) is 24.7 Å². The molecule has 1 aromatic heterocycles. The average Bonchev–Trinajstić information content (AvgIpc) is 3.77. The van der Waals surface area contributed by atoms with E-state index in [1.807, 2.05) is 71.3 Å². The van der Waals surface area contributed by atoms with Crippen molar-refractivity contribution in [1.29, 1.82) is 0 Å². The highest BCUT2D eigenvalue weighted by Crippen LogP contribution is 2.39. The van der Waals surface area contributed by atoms with Gasteiger partial charge >= 0.3 is 5.97 Å². The number of hydrogen-bond donors (Lipinski definition) is 3. The quantitative estimate of drug-likeness (QED) is 0.141. The Labute approximate surface area is 418 Å². The normalized spacial score (nSPS) is 38.3. The number of aliphatic hydroxyl groups is 2. The maximum atomic E-state index is 14.5. The summed E-state index contributed by atoms with van der Waals surface area (Å²) in [5.74, 6) is -4.69. The van der Waals surface area contributed by atoms with Crippen molar-refractivity contribution < 1.29 is 48.3 Å². The van der Waals surface area contributed by atoms with E-state index >= 15 is 0 Å². The molecule has 0 radical (unpaired) electrons. The second-order valence-electron chi connectivity index (χ2n) is 21.5. The van der Waals surface area contributed by atoms with Crippen molar-refractivity contribution in [2.45, 2.75) is 186 Å². The molecule has 1 saturated carbocycles. The van der Waals surface area contributed by atoms with Crippen LogP contribution in [0.15, 0.2) is 59.9 Å². The SMILES string of the molecule is CO[C@@H]1CC(C[C@@H](C)[C@@H]2CC[C@H](N)/C=C(\C)[C@@H](O)[C@@H](OC)C(=O)[C@H](C)C[C@H](C)/C=C/C=C/C=C(\C)C(N(C)c3ccnn3C)C[C@@H]3CC[C@@H](C)[C@@](O)(O3)C(=O)C(=O)N3CCCCC3C(=O)O2)CC[C@H]1C. The Balaban J connectivity index is 1.49. The number of rotatable bonds is 7. The van der Waals surface area contributed by atoms with Crippen LogP contribution in [0.1, 0.15) is 132 Å². The molecule has 3 aliphatic heterocycles. The number of nitrogens with two attached hydrogens (primary N) is 1. The third kappa shape index (κ3) is 14.4. The Morgan fingerprint density at radius 2 is 1.67 bits per heavy atom. The number of carbonyl (C=O) groups excluding carboxylic acids is 4. The largest absolute Gasteiger partial charge is 0.461 e. The first-order chi connectivity index (χ1) is 33.2. The molecule has 70 heavy (non-hydrogen) atoms. The zero-order chi connectivity index (χ0) is 51.4. The Kier molecular flexibility index (Phi) is 21.2. The molecule has 3 unspecified atom stereocenters. The molecular weight excluding hydrogens is 891 g/mol. The number of amides is 1. The van der Waals surface area contributed by atoms with E-state index in [9.17, 15) is 29.4 Å². The van der Waals surface area contributed by atoms with E-state index in [1.54, 1.807) is 37.9 Å². The predicted octanol–water partition coefficient (Wildman–Crippen LogP) is 7.19. The molecule has 4 heterocycles. The number of likely N-dealkylation sites (N-methyl/N-ethyl adjacent to an activating group) is 1. The molecule has 392 valence electrons. The summed E-state index contributed by atoms with van der Waals surface area (Å²) < 4.78 is 26.1. The van der Waals surface area contributed by atoms with Gasteiger partial charge in [-0.15, -0.1) is 0 Å². The van der Waals surface area contributed by atoms with Crippen molar-refractivity contribution in [3.05, 3.63) is 59.9 Å². The van der Waals surface area contributed by atoms with E-state index in [1.165, 1.54) is 12.0 Å². The molecule has 15 atom stereocenters. The summed E-state index contributed by atoms with van der Waals surface area (Å²) in [5.41, 5.74) is 8.23. The number of anilines is 1. The lowest BCUT2D eigenvalue weighted by Crippen LogP contribution is -2.61. The predicted molar refractivity (Wildman–Crippen MR) is 271 cm³/mol. The highest BCUT2D eigenvalue weighted by Gasteiger charge is 2.53. The molecule has 1 aromatic rings. The van der Waals surface area contributed by atoms with E-state index in [-0.39, 0.29) is 36.3 Å². The smallest absolute Gasteiger partial charge is 0.329 e. The van der Waals surface area contributed by atoms with Gasteiger partial charge in [0.15, 0.2) is 5.78 Å². The molecule has 3 fully saturated rings. The number of esters is 1. The number of fused-ring (bicyclic) bond motifs is 3. The fourth-order valence-electron chi connectivity index (χ4n) is 11.4. The second kappa shape index (κ2) is 26.1. The van der Waals surface area contributed by atoms with Crippen LogP contribution in [-0.2, 0) is 45.2 Å². The van der Waals surface area contributed by atoms with E-state index in [0.29, 0.717) is 75.2 Å². The molecule has 1 amide bonds. The number of ether oxygens (including phenoxy) is 4. The van der Waals surface area contributed by atoms with Crippen LogP contribution in [0, 0.1) is 35.5 Å².